The highest BCUT2D eigenvalue weighted by Gasteiger charge is 2.16. The highest BCUT2D eigenvalue weighted by atomic mass is 35.5. The van der Waals surface area contributed by atoms with Crippen molar-refractivity contribution >= 4 is 23.2 Å². The van der Waals surface area contributed by atoms with Crippen LogP contribution in [0, 0.1) is 0 Å². The second kappa shape index (κ2) is 8.72. The van der Waals surface area contributed by atoms with Crippen molar-refractivity contribution in [3.63, 3.8) is 0 Å². The summed E-state index contributed by atoms with van der Waals surface area (Å²) in [5.74, 6) is 0. The summed E-state index contributed by atoms with van der Waals surface area (Å²) >= 11 is 11.9. The van der Waals surface area contributed by atoms with E-state index in [0.717, 1.165) is 32.5 Å². The third-order valence-corrected chi connectivity index (χ3v) is 3.40. The molecule has 0 bridgehead atoms. The summed E-state index contributed by atoms with van der Waals surface area (Å²) in [6.45, 7) is -0.635. The molecule has 2 rings (SSSR count). The molecule has 1 aromatic rings. The van der Waals surface area contributed by atoms with Crippen LogP contribution in [-0.4, -0.2) is 30.7 Å². The van der Waals surface area contributed by atoms with Gasteiger partial charge in [0, 0.05) is 22.6 Å². The van der Waals surface area contributed by atoms with E-state index >= 15 is 0 Å². The van der Waals surface area contributed by atoms with Crippen LogP contribution in [0.3, 0.4) is 0 Å². The summed E-state index contributed by atoms with van der Waals surface area (Å²) in [6.07, 6.45) is 2.16. The van der Waals surface area contributed by atoms with E-state index in [-0.39, 0.29) is 0 Å². The lowest BCUT2D eigenvalue weighted by Crippen LogP contribution is -2.39. The van der Waals surface area contributed by atoms with Gasteiger partial charge in [0.25, 0.3) is 0 Å². The SMILES string of the molecule is FC(F)F.NC1CCN(Cc2cc(Cl)cc(Cl)c2)CC1. The molecule has 0 spiro atoms. The molecular weight excluding hydrogens is 312 g/mol. The molecule has 1 aliphatic heterocycles. The van der Waals surface area contributed by atoms with E-state index in [4.69, 9.17) is 28.9 Å². The van der Waals surface area contributed by atoms with Gasteiger partial charge < -0.3 is 5.73 Å². The number of hydrogen-bond donors (Lipinski definition) is 1. The Kier molecular flexibility index (Phi) is 7.66. The first kappa shape index (κ1) is 17.6. The molecule has 0 amide bonds. The number of benzene rings is 1. The van der Waals surface area contributed by atoms with Crippen LogP contribution in [-0.2, 0) is 6.54 Å². The van der Waals surface area contributed by atoms with Crippen molar-refractivity contribution in [2.24, 2.45) is 5.73 Å². The van der Waals surface area contributed by atoms with Gasteiger partial charge in [-0.3, -0.25) is 4.90 Å². The Bertz CT molecular complexity index is 388. The number of piperidine rings is 1. The lowest BCUT2D eigenvalue weighted by molar-refractivity contribution is 0.00819. The van der Waals surface area contributed by atoms with Gasteiger partial charge in [-0.15, -0.1) is 0 Å². The minimum Gasteiger partial charge on any atom is -0.328 e. The van der Waals surface area contributed by atoms with Crippen LogP contribution in [0.4, 0.5) is 13.2 Å². The van der Waals surface area contributed by atoms with Crippen LogP contribution in [0.1, 0.15) is 18.4 Å². The van der Waals surface area contributed by atoms with Crippen molar-refractivity contribution in [2.45, 2.75) is 32.1 Å². The fourth-order valence-electron chi connectivity index (χ4n) is 2.07. The van der Waals surface area contributed by atoms with Gasteiger partial charge in [0.15, 0.2) is 0 Å². The van der Waals surface area contributed by atoms with E-state index in [1.165, 1.54) is 5.56 Å². The fraction of sp³-hybridized carbons (Fsp3) is 0.538. The molecule has 2 N–H and O–H groups in total. The molecule has 1 aliphatic rings. The lowest BCUT2D eigenvalue weighted by Gasteiger charge is -2.30. The van der Waals surface area contributed by atoms with E-state index in [9.17, 15) is 13.2 Å². The van der Waals surface area contributed by atoms with E-state index in [0.29, 0.717) is 16.1 Å². The maximum atomic E-state index is 9.67. The first-order valence-electron chi connectivity index (χ1n) is 6.22. The van der Waals surface area contributed by atoms with Crippen LogP contribution in [0.5, 0.6) is 0 Å². The molecule has 0 unspecified atom stereocenters. The van der Waals surface area contributed by atoms with E-state index in [2.05, 4.69) is 4.90 Å². The molecule has 0 radical (unpaired) electrons. The summed E-state index contributed by atoms with van der Waals surface area (Å²) in [6, 6.07) is 6.09. The number of likely N-dealkylation sites (tertiary alicyclic amines) is 1. The van der Waals surface area contributed by atoms with Gasteiger partial charge in [0.1, 0.15) is 0 Å². The molecule has 2 nitrogen and oxygen atoms in total. The molecule has 1 saturated heterocycles. The molecule has 0 saturated carbocycles. The summed E-state index contributed by atoms with van der Waals surface area (Å²) in [5.41, 5.74) is 7.04. The summed E-state index contributed by atoms with van der Waals surface area (Å²) in [7, 11) is 0. The molecule has 0 aliphatic carbocycles. The Morgan fingerprint density at radius 2 is 1.55 bits per heavy atom. The first-order valence-corrected chi connectivity index (χ1v) is 6.97. The van der Waals surface area contributed by atoms with Gasteiger partial charge in [0.05, 0.1) is 0 Å². The molecule has 1 heterocycles. The van der Waals surface area contributed by atoms with Gasteiger partial charge in [-0.05, 0) is 49.7 Å². The molecule has 1 fully saturated rings. The average molecular weight is 329 g/mol. The van der Waals surface area contributed by atoms with Gasteiger partial charge >= 0.3 is 6.68 Å². The van der Waals surface area contributed by atoms with E-state index < -0.39 is 6.68 Å². The number of nitrogens with two attached hydrogens (primary N) is 1. The van der Waals surface area contributed by atoms with Crippen molar-refractivity contribution in [3.05, 3.63) is 33.8 Å². The third-order valence-electron chi connectivity index (χ3n) is 2.96. The van der Waals surface area contributed by atoms with Crippen molar-refractivity contribution < 1.29 is 13.2 Å². The lowest BCUT2D eigenvalue weighted by atomic mass is 10.1. The molecule has 7 heteroatoms. The predicted octanol–water partition coefficient (Wildman–Crippen LogP) is 4.10. The van der Waals surface area contributed by atoms with Crippen LogP contribution in [0.15, 0.2) is 18.2 Å². The Morgan fingerprint density at radius 3 is 2.00 bits per heavy atom. The molecule has 0 aromatic heterocycles. The van der Waals surface area contributed by atoms with Gasteiger partial charge in [-0.1, -0.05) is 23.2 Å². The zero-order chi connectivity index (χ0) is 15.1. The quantitative estimate of drug-likeness (QED) is 0.885. The third kappa shape index (κ3) is 7.33. The largest absolute Gasteiger partial charge is 0.379 e. The molecule has 20 heavy (non-hydrogen) atoms. The van der Waals surface area contributed by atoms with Crippen LogP contribution in [0.2, 0.25) is 10.0 Å². The zero-order valence-corrected chi connectivity index (χ0v) is 12.3. The van der Waals surface area contributed by atoms with Crippen molar-refractivity contribution in [1.82, 2.24) is 4.90 Å². The molecular formula is C13H17Cl2F3N2. The monoisotopic (exact) mass is 328 g/mol. The Morgan fingerprint density at radius 1 is 1.10 bits per heavy atom. The fourth-order valence-corrected chi connectivity index (χ4v) is 2.64. The molecule has 1 aromatic carbocycles. The Balaban J connectivity index is 0.000000444. The normalized spacial score (nSPS) is 16.9. The number of hydrogen-bond acceptors (Lipinski definition) is 2. The van der Waals surface area contributed by atoms with Crippen LogP contribution >= 0.6 is 23.2 Å². The Hall–Kier alpha value is -0.490. The second-order valence-electron chi connectivity index (χ2n) is 4.64. The topological polar surface area (TPSA) is 29.3 Å². The maximum Gasteiger partial charge on any atom is 0.379 e. The van der Waals surface area contributed by atoms with Gasteiger partial charge in [0.2, 0.25) is 0 Å². The smallest absolute Gasteiger partial charge is 0.328 e. The minimum absolute atomic E-state index is 0.374. The zero-order valence-electron chi connectivity index (χ0n) is 10.8. The van der Waals surface area contributed by atoms with Gasteiger partial charge in [-0.2, -0.15) is 13.2 Å². The predicted molar refractivity (Wildman–Crippen MR) is 76.1 cm³/mol. The maximum absolute atomic E-state index is 9.67. The summed E-state index contributed by atoms with van der Waals surface area (Å²) < 4.78 is 29.0. The highest BCUT2D eigenvalue weighted by molar-refractivity contribution is 6.34. The summed E-state index contributed by atoms with van der Waals surface area (Å²) in [5, 5.41) is 1.41. The number of rotatable bonds is 2. The van der Waals surface area contributed by atoms with Crippen molar-refractivity contribution in [1.29, 1.82) is 0 Å². The number of halogens is 5. The standard InChI is InChI=1S/C12H16Cl2N2.CHF3/c13-10-5-9(6-11(14)7-10)8-16-3-1-12(15)2-4-16;2-1(3)4/h5-7,12H,1-4,8,15H2;1H. The van der Waals surface area contributed by atoms with Crippen molar-refractivity contribution in [2.75, 3.05) is 13.1 Å². The van der Waals surface area contributed by atoms with E-state index in [1.54, 1.807) is 6.07 Å². The molecule has 0 atom stereocenters. The summed E-state index contributed by atoms with van der Waals surface area (Å²) in [4.78, 5) is 2.39. The first-order chi connectivity index (χ1) is 9.36. The Labute approximate surface area is 126 Å². The second-order valence-corrected chi connectivity index (χ2v) is 5.51. The average Bonchev–Trinajstić information content (AvgIpc) is 2.30. The van der Waals surface area contributed by atoms with Crippen LogP contribution in [0.25, 0.3) is 0 Å². The number of alkyl halides is 3. The molecule has 114 valence electrons. The van der Waals surface area contributed by atoms with Gasteiger partial charge in [-0.25, -0.2) is 0 Å². The highest BCUT2D eigenvalue weighted by Crippen LogP contribution is 2.21. The number of nitrogens with zero attached hydrogens (tertiary/aromatic N) is 1. The van der Waals surface area contributed by atoms with Crippen LogP contribution < -0.4 is 5.73 Å². The van der Waals surface area contributed by atoms with E-state index in [1.807, 2.05) is 12.1 Å². The minimum atomic E-state index is -3.67. The van der Waals surface area contributed by atoms with Crippen molar-refractivity contribution in [3.8, 4) is 0 Å².